The molecule has 1 aliphatic rings. The van der Waals surface area contributed by atoms with E-state index in [-0.39, 0.29) is 12.5 Å². The van der Waals surface area contributed by atoms with Crippen molar-refractivity contribution < 1.29 is 13.2 Å². The zero-order valence-electron chi connectivity index (χ0n) is 16.6. The molecule has 6 nitrogen and oxygen atoms in total. The fourth-order valence-electron chi connectivity index (χ4n) is 3.56. The first-order chi connectivity index (χ1) is 13.3. The van der Waals surface area contributed by atoms with Crippen LogP contribution < -0.4 is 9.21 Å². The molecule has 0 bridgehead atoms. The Labute approximate surface area is 167 Å². The van der Waals surface area contributed by atoms with Crippen molar-refractivity contribution in [2.45, 2.75) is 13.8 Å². The summed E-state index contributed by atoms with van der Waals surface area (Å²) in [5, 5.41) is 0. The van der Waals surface area contributed by atoms with Gasteiger partial charge in [-0.15, -0.1) is 0 Å². The van der Waals surface area contributed by atoms with E-state index in [1.165, 1.54) is 15.6 Å². The number of para-hydroxylation sites is 2. The van der Waals surface area contributed by atoms with Gasteiger partial charge in [-0.25, -0.2) is 8.42 Å². The fraction of sp³-hybridized carbons (Fsp3) is 0.381. The molecule has 1 heterocycles. The highest BCUT2D eigenvalue weighted by atomic mass is 32.2. The molecule has 7 heteroatoms. The molecule has 0 aromatic heterocycles. The van der Waals surface area contributed by atoms with E-state index in [0.717, 1.165) is 24.9 Å². The number of amides is 1. The van der Waals surface area contributed by atoms with Gasteiger partial charge in [0.25, 0.3) is 0 Å². The smallest absolute Gasteiger partial charge is 0.243 e. The Hall–Kier alpha value is -2.54. The summed E-state index contributed by atoms with van der Waals surface area (Å²) in [5.41, 5.74) is 3.78. The van der Waals surface area contributed by atoms with Crippen LogP contribution in [0.3, 0.4) is 0 Å². The number of carbonyl (C=O) groups excluding carboxylic acids is 1. The molecule has 0 atom stereocenters. The molecule has 2 aromatic rings. The standard InChI is InChI=1S/C21H27N3O3S/c1-17-8-4-6-10-19(17)22-12-14-23(15-13-22)21(25)16-24(28(3,26)27)20-11-7-5-9-18(20)2/h4-11H,12-16H2,1-3H3. The number of rotatable bonds is 5. The van der Waals surface area contributed by atoms with Crippen molar-refractivity contribution in [3.8, 4) is 0 Å². The molecule has 150 valence electrons. The summed E-state index contributed by atoms with van der Waals surface area (Å²) in [6.07, 6.45) is 1.14. The maximum absolute atomic E-state index is 12.9. The zero-order valence-corrected chi connectivity index (χ0v) is 17.4. The lowest BCUT2D eigenvalue weighted by Crippen LogP contribution is -2.52. The molecule has 1 saturated heterocycles. The molecule has 1 amide bonds. The fourth-order valence-corrected chi connectivity index (χ4v) is 4.47. The summed E-state index contributed by atoms with van der Waals surface area (Å²) < 4.78 is 25.9. The van der Waals surface area contributed by atoms with E-state index in [2.05, 4.69) is 24.0 Å². The number of piperazine rings is 1. The van der Waals surface area contributed by atoms with Crippen molar-refractivity contribution in [1.29, 1.82) is 0 Å². The Kier molecular flexibility index (Phi) is 5.93. The molecule has 2 aromatic carbocycles. The summed E-state index contributed by atoms with van der Waals surface area (Å²) in [4.78, 5) is 16.9. The van der Waals surface area contributed by atoms with Crippen molar-refractivity contribution in [1.82, 2.24) is 4.90 Å². The lowest BCUT2D eigenvalue weighted by molar-refractivity contribution is -0.129. The lowest BCUT2D eigenvalue weighted by atomic mass is 10.1. The zero-order chi connectivity index (χ0) is 20.3. The SMILES string of the molecule is Cc1ccccc1N1CCN(C(=O)CN(c2ccccc2C)S(C)(=O)=O)CC1. The highest BCUT2D eigenvalue weighted by Gasteiger charge is 2.27. The molecular weight excluding hydrogens is 374 g/mol. The second-order valence-corrected chi connectivity index (χ2v) is 9.12. The lowest BCUT2D eigenvalue weighted by Gasteiger charge is -2.37. The number of hydrogen-bond acceptors (Lipinski definition) is 4. The van der Waals surface area contributed by atoms with Crippen molar-refractivity contribution in [2.75, 3.05) is 48.2 Å². The van der Waals surface area contributed by atoms with Crippen LogP contribution in [-0.4, -0.2) is 58.2 Å². The molecule has 0 radical (unpaired) electrons. The van der Waals surface area contributed by atoms with Gasteiger partial charge in [0, 0.05) is 31.9 Å². The van der Waals surface area contributed by atoms with Gasteiger partial charge in [0.1, 0.15) is 6.54 Å². The maximum Gasteiger partial charge on any atom is 0.243 e. The van der Waals surface area contributed by atoms with Gasteiger partial charge in [0.15, 0.2) is 0 Å². The van der Waals surface area contributed by atoms with Gasteiger partial charge in [-0.1, -0.05) is 36.4 Å². The minimum Gasteiger partial charge on any atom is -0.368 e. The van der Waals surface area contributed by atoms with E-state index in [1.54, 1.807) is 17.0 Å². The second-order valence-electron chi connectivity index (χ2n) is 7.21. The van der Waals surface area contributed by atoms with Crippen LogP contribution in [0.2, 0.25) is 0 Å². The topological polar surface area (TPSA) is 60.9 Å². The number of carbonyl (C=O) groups is 1. The highest BCUT2D eigenvalue weighted by molar-refractivity contribution is 7.92. The Morgan fingerprint density at radius 2 is 1.50 bits per heavy atom. The van der Waals surface area contributed by atoms with Gasteiger partial charge in [-0.05, 0) is 37.1 Å². The largest absolute Gasteiger partial charge is 0.368 e. The number of benzene rings is 2. The summed E-state index contributed by atoms with van der Waals surface area (Å²) in [7, 11) is -3.56. The van der Waals surface area contributed by atoms with E-state index in [1.807, 2.05) is 31.2 Å². The quantitative estimate of drug-likeness (QED) is 0.772. The van der Waals surface area contributed by atoms with Crippen LogP contribution in [0.1, 0.15) is 11.1 Å². The first kappa shape index (κ1) is 20.2. The van der Waals surface area contributed by atoms with Gasteiger partial charge in [0.05, 0.1) is 11.9 Å². The Bertz CT molecular complexity index is 951. The van der Waals surface area contributed by atoms with E-state index >= 15 is 0 Å². The Morgan fingerprint density at radius 3 is 2.07 bits per heavy atom. The first-order valence-electron chi connectivity index (χ1n) is 9.39. The molecule has 28 heavy (non-hydrogen) atoms. The molecule has 1 fully saturated rings. The summed E-state index contributed by atoms with van der Waals surface area (Å²) in [5.74, 6) is -0.168. The third-order valence-corrected chi connectivity index (χ3v) is 6.28. The van der Waals surface area contributed by atoms with Crippen molar-refractivity contribution in [2.24, 2.45) is 0 Å². The molecule has 3 rings (SSSR count). The molecular formula is C21H27N3O3S. The van der Waals surface area contributed by atoms with E-state index in [4.69, 9.17) is 0 Å². The van der Waals surface area contributed by atoms with Gasteiger partial charge in [-0.3, -0.25) is 9.10 Å². The number of nitrogens with zero attached hydrogens (tertiary/aromatic N) is 3. The van der Waals surface area contributed by atoms with Crippen molar-refractivity contribution in [3.63, 3.8) is 0 Å². The number of sulfonamides is 1. The van der Waals surface area contributed by atoms with Gasteiger partial charge < -0.3 is 9.80 Å². The summed E-state index contributed by atoms with van der Waals surface area (Å²) >= 11 is 0. The molecule has 1 aliphatic heterocycles. The first-order valence-corrected chi connectivity index (χ1v) is 11.2. The van der Waals surface area contributed by atoms with Crippen molar-refractivity contribution >= 4 is 27.3 Å². The molecule has 0 saturated carbocycles. The number of anilines is 2. The van der Waals surface area contributed by atoms with Crippen molar-refractivity contribution in [3.05, 3.63) is 59.7 Å². The van der Waals surface area contributed by atoms with Crippen LogP contribution in [0.15, 0.2) is 48.5 Å². The van der Waals surface area contributed by atoms with Crippen LogP contribution in [0, 0.1) is 13.8 Å². The molecule has 0 spiro atoms. The monoisotopic (exact) mass is 401 g/mol. The Morgan fingerprint density at radius 1 is 0.929 bits per heavy atom. The average Bonchev–Trinajstić information content (AvgIpc) is 2.66. The van der Waals surface area contributed by atoms with E-state index in [9.17, 15) is 13.2 Å². The van der Waals surface area contributed by atoms with Gasteiger partial charge >= 0.3 is 0 Å². The van der Waals surface area contributed by atoms with Crippen LogP contribution in [0.4, 0.5) is 11.4 Å². The molecule has 0 unspecified atom stereocenters. The van der Waals surface area contributed by atoms with E-state index in [0.29, 0.717) is 18.8 Å². The van der Waals surface area contributed by atoms with Crippen LogP contribution in [0.25, 0.3) is 0 Å². The third kappa shape index (κ3) is 4.47. The summed E-state index contributed by atoms with van der Waals surface area (Å²) in [6, 6.07) is 15.4. The summed E-state index contributed by atoms with van der Waals surface area (Å²) in [6.45, 7) is 6.39. The minimum atomic E-state index is -3.56. The Balaban J connectivity index is 1.69. The van der Waals surface area contributed by atoms with Gasteiger partial charge in [0.2, 0.25) is 15.9 Å². The normalized spacial score (nSPS) is 14.8. The average molecular weight is 402 g/mol. The maximum atomic E-state index is 12.9. The number of hydrogen-bond donors (Lipinski definition) is 0. The highest BCUT2D eigenvalue weighted by Crippen LogP contribution is 2.23. The molecule has 0 aliphatic carbocycles. The molecule has 0 N–H and O–H groups in total. The van der Waals surface area contributed by atoms with Crippen LogP contribution in [-0.2, 0) is 14.8 Å². The predicted molar refractivity (Wildman–Crippen MR) is 113 cm³/mol. The number of aryl methyl sites for hydroxylation is 2. The minimum absolute atomic E-state index is 0.168. The van der Waals surface area contributed by atoms with E-state index < -0.39 is 10.0 Å². The van der Waals surface area contributed by atoms with Crippen LogP contribution >= 0.6 is 0 Å². The second kappa shape index (κ2) is 8.22. The van der Waals surface area contributed by atoms with Crippen LogP contribution in [0.5, 0.6) is 0 Å². The predicted octanol–water partition coefficient (Wildman–Crippen LogP) is 2.42. The van der Waals surface area contributed by atoms with Gasteiger partial charge in [-0.2, -0.15) is 0 Å². The third-order valence-electron chi connectivity index (χ3n) is 5.15.